The van der Waals surface area contributed by atoms with E-state index in [0.717, 1.165) is 15.6 Å². The molecule has 0 saturated carbocycles. The summed E-state index contributed by atoms with van der Waals surface area (Å²) in [6, 6.07) is 7.87. The molecule has 68 valence electrons. The zero-order valence-corrected chi connectivity index (χ0v) is 8.66. The number of benzene rings is 1. The molecule has 2 nitrogen and oxygen atoms in total. The number of allylic oxidation sites excluding steroid dienone is 2. The van der Waals surface area contributed by atoms with E-state index < -0.39 is 0 Å². The molecule has 0 unspecified atom stereocenters. The molecule has 0 aliphatic heterocycles. The third-order valence-corrected chi connectivity index (χ3v) is 2.16. The van der Waals surface area contributed by atoms with E-state index in [9.17, 15) is 0 Å². The molecule has 0 spiro atoms. The van der Waals surface area contributed by atoms with Gasteiger partial charge in [0.2, 0.25) is 0 Å². The van der Waals surface area contributed by atoms with Crippen molar-refractivity contribution >= 4 is 21.5 Å². The molecular weight excluding hydrogens is 228 g/mol. The van der Waals surface area contributed by atoms with E-state index in [1.807, 2.05) is 24.3 Å². The Balaban J connectivity index is 3.00. The van der Waals surface area contributed by atoms with Gasteiger partial charge in [-0.2, -0.15) is 0 Å². The molecule has 0 aliphatic carbocycles. The van der Waals surface area contributed by atoms with Gasteiger partial charge in [-0.3, -0.25) is 0 Å². The van der Waals surface area contributed by atoms with Crippen molar-refractivity contribution in [1.29, 1.82) is 0 Å². The maximum Gasteiger partial charge on any atom is 0.0175 e. The largest absolute Gasteiger partial charge is 0.405 e. The molecule has 13 heavy (non-hydrogen) atoms. The molecule has 0 saturated heterocycles. The average Bonchev–Trinajstić information content (AvgIpc) is 2.16. The van der Waals surface area contributed by atoms with Crippen molar-refractivity contribution in [2.24, 2.45) is 11.5 Å². The predicted molar refractivity (Wildman–Crippen MR) is 59.6 cm³/mol. The smallest absolute Gasteiger partial charge is 0.0175 e. The van der Waals surface area contributed by atoms with E-state index >= 15 is 0 Å². The van der Waals surface area contributed by atoms with Gasteiger partial charge in [0, 0.05) is 10.7 Å². The van der Waals surface area contributed by atoms with E-state index in [0.29, 0.717) is 0 Å². The van der Waals surface area contributed by atoms with Crippen LogP contribution in [0, 0.1) is 0 Å². The summed E-state index contributed by atoms with van der Waals surface area (Å²) in [5.74, 6) is 0. The van der Waals surface area contributed by atoms with Crippen LogP contribution in [-0.4, -0.2) is 0 Å². The average molecular weight is 239 g/mol. The Labute approximate surface area is 86.1 Å². The van der Waals surface area contributed by atoms with Crippen LogP contribution in [0.1, 0.15) is 5.56 Å². The molecule has 0 heterocycles. The first-order chi connectivity index (χ1) is 6.27. The Hall–Kier alpha value is -1.22. The van der Waals surface area contributed by atoms with Gasteiger partial charge in [-0.15, -0.1) is 0 Å². The van der Waals surface area contributed by atoms with E-state index in [1.165, 1.54) is 12.4 Å². The second-order valence-electron chi connectivity index (χ2n) is 2.49. The lowest BCUT2D eigenvalue weighted by Gasteiger charge is -2.00. The summed E-state index contributed by atoms with van der Waals surface area (Å²) < 4.78 is 1.05. The summed E-state index contributed by atoms with van der Waals surface area (Å²) in [5.41, 5.74) is 12.7. The van der Waals surface area contributed by atoms with Crippen LogP contribution >= 0.6 is 15.9 Å². The lowest BCUT2D eigenvalue weighted by Crippen LogP contribution is -1.88. The third-order valence-electron chi connectivity index (χ3n) is 1.63. The molecule has 0 bridgehead atoms. The van der Waals surface area contributed by atoms with E-state index in [1.54, 1.807) is 6.08 Å². The van der Waals surface area contributed by atoms with Crippen molar-refractivity contribution in [1.82, 2.24) is 0 Å². The summed E-state index contributed by atoms with van der Waals surface area (Å²) >= 11 is 3.36. The highest BCUT2D eigenvalue weighted by molar-refractivity contribution is 9.10. The van der Waals surface area contributed by atoms with Gasteiger partial charge in [-0.05, 0) is 35.5 Å². The van der Waals surface area contributed by atoms with Crippen LogP contribution in [0.5, 0.6) is 0 Å². The fourth-order valence-electron chi connectivity index (χ4n) is 0.994. The summed E-state index contributed by atoms with van der Waals surface area (Å²) in [7, 11) is 0. The highest BCUT2D eigenvalue weighted by Crippen LogP contribution is 2.17. The Morgan fingerprint density at radius 2 is 1.77 bits per heavy atom. The van der Waals surface area contributed by atoms with Gasteiger partial charge in [0.25, 0.3) is 0 Å². The fourth-order valence-corrected chi connectivity index (χ4v) is 1.26. The van der Waals surface area contributed by atoms with Gasteiger partial charge in [-0.1, -0.05) is 28.1 Å². The molecular formula is C10H11BrN2. The maximum atomic E-state index is 5.45. The van der Waals surface area contributed by atoms with Crippen LogP contribution < -0.4 is 11.5 Å². The van der Waals surface area contributed by atoms with E-state index in [4.69, 9.17) is 11.5 Å². The molecule has 0 radical (unpaired) electrons. The maximum absolute atomic E-state index is 5.45. The molecule has 1 rings (SSSR count). The standard InChI is InChI=1S/C10H11BrN2/c11-10-3-1-8(2-4-10)9(7-13)5-6-12/h1-7H,12-13H2/b6-5-,9-7+. The van der Waals surface area contributed by atoms with Crippen LogP contribution in [0.3, 0.4) is 0 Å². The van der Waals surface area contributed by atoms with Crippen LogP contribution in [0.2, 0.25) is 0 Å². The lowest BCUT2D eigenvalue weighted by molar-refractivity contribution is 1.52. The van der Waals surface area contributed by atoms with Crippen LogP contribution in [-0.2, 0) is 0 Å². The molecule has 0 aliphatic rings. The number of hydrogen-bond donors (Lipinski definition) is 2. The normalized spacial score (nSPS) is 12.2. The monoisotopic (exact) mass is 238 g/mol. The highest BCUT2D eigenvalue weighted by Gasteiger charge is 1.95. The Kier molecular flexibility index (Phi) is 3.58. The van der Waals surface area contributed by atoms with E-state index in [2.05, 4.69) is 15.9 Å². The number of rotatable bonds is 2. The summed E-state index contributed by atoms with van der Waals surface area (Å²) in [6.45, 7) is 0. The van der Waals surface area contributed by atoms with Gasteiger partial charge in [0.05, 0.1) is 0 Å². The third kappa shape index (κ3) is 2.63. The van der Waals surface area contributed by atoms with Gasteiger partial charge in [0.1, 0.15) is 0 Å². The fraction of sp³-hybridized carbons (Fsp3) is 0. The molecule has 4 N–H and O–H groups in total. The van der Waals surface area contributed by atoms with Crippen molar-refractivity contribution in [3.63, 3.8) is 0 Å². The zero-order chi connectivity index (χ0) is 9.68. The predicted octanol–water partition coefficient (Wildman–Crippen LogP) is 2.22. The summed E-state index contributed by atoms with van der Waals surface area (Å²) in [6.07, 6.45) is 4.77. The Bertz CT molecular complexity index is 325. The molecule has 0 amide bonds. The minimum atomic E-state index is 0.912. The van der Waals surface area contributed by atoms with Gasteiger partial charge in [0.15, 0.2) is 0 Å². The van der Waals surface area contributed by atoms with Gasteiger partial charge >= 0.3 is 0 Å². The van der Waals surface area contributed by atoms with Crippen molar-refractivity contribution in [2.45, 2.75) is 0 Å². The zero-order valence-electron chi connectivity index (χ0n) is 7.07. The van der Waals surface area contributed by atoms with Crippen LogP contribution in [0.15, 0.2) is 47.2 Å². The van der Waals surface area contributed by atoms with Gasteiger partial charge in [-0.25, -0.2) is 0 Å². The van der Waals surface area contributed by atoms with Crippen LogP contribution in [0.25, 0.3) is 5.57 Å². The Morgan fingerprint density at radius 1 is 1.15 bits per heavy atom. The first-order valence-electron chi connectivity index (χ1n) is 3.84. The second-order valence-corrected chi connectivity index (χ2v) is 3.40. The SMILES string of the molecule is N/C=C\C(=C/N)c1ccc(Br)cc1. The van der Waals surface area contributed by atoms with Crippen LogP contribution in [0.4, 0.5) is 0 Å². The van der Waals surface area contributed by atoms with Crippen molar-refractivity contribution in [3.8, 4) is 0 Å². The minimum Gasteiger partial charge on any atom is -0.405 e. The number of hydrogen-bond acceptors (Lipinski definition) is 2. The number of halogens is 1. The molecule has 1 aromatic carbocycles. The first-order valence-corrected chi connectivity index (χ1v) is 4.63. The lowest BCUT2D eigenvalue weighted by atomic mass is 10.1. The minimum absolute atomic E-state index is 0.912. The quantitative estimate of drug-likeness (QED) is 0.777. The summed E-state index contributed by atoms with van der Waals surface area (Å²) in [4.78, 5) is 0. The molecule has 3 heteroatoms. The molecule has 0 aromatic heterocycles. The Morgan fingerprint density at radius 3 is 2.23 bits per heavy atom. The topological polar surface area (TPSA) is 52.0 Å². The highest BCUT2D eigenvalue weighted by atomic mass is 79.9. The molecule has 0 atom stereocenters. The summed E-state index contributed by atoms with van der Waals surface area (Å²) in [5, 5.41) is 0. The second kappa shape index (κ2) is 4.72. The van der Waals surface area contributed by atoms with E-state index in [-0.39, 0.29) is 0 Å². The first kappa shape index (κ1) is 9.86. The van der Waals surface area contributed by atoms with Crippen molar-refractivity contribution in [2.75, 3.05) is 0 Å². The molecule has 1 aromatic rings. The van der Waals surface area contributed by atoms with Crippen molar-refractivity contribution in [3.05, 3.63) is 52.8 Å². The molecule has 0 fully saturated rings. The van der Waals surface area contributed by atoms with Crippen molar-refractivity contribution < 1.29 is 0 Å². The number of nitrogens with two attached hydrogens (primary N) is 2. The van der Waals surface area contributed by atoms with Gasteiger partial charge < -0.3 is 11.5 Å².